The van der Waals surface area contributed by atoms with Crippen molar-refractivity contribution in [2.45, 2.75) is 32.7 Å². The first-order valence-electron chi connectivity index (χ1n) is 8.87. The fraction of sp³-hybridized carbons (Fsp3) is 0.381. The van der Waals surface area contributed by atoms with Crippen LogP contribution in [-0.2, 0) is 6.42 Å². The molecule has 0 aliphatic carbocycles. The fourth-order valence-electron chi connectivity index (χ4n) is 3.54. The Bertz CT molecular complexity index is 757. The quantitative estimate of drug-likeness (QED) is 0.819. The Morgan fingerprint density at radius 3 is 2.84 bits per heavy atom. The molecule has 1 atom stereocenters. The first kappa shape index (κ1) is 17.3. The van der Waals surface area contributed by atoms with Gasteiger partial charge in [0.2, 0.25) is 0 Å². The number of ether oxygens (including phenoxy) is 1. The molecule has 2 aromatic carbocycles. The van der Waals surface area contributed by atoms with Gasteiger partial charge in [0.1, 0.15) is 5.75 Å². The van der Waals surface area contributed by atoms with Crippen molar-refractivity contribution in [2.24, 2.45) is 0 Å². The monoisotopic (exact) mass is 338 g/mol. The molecule has 1 aliphatic heterocycles. The number of hydrogen-bond acceptors (Lipinski definition) is 3. The van der Waals surface area contributed by atoms with Crippen molar-refractivity contribution in [3.8, 4) is 5.75 Å². The predicted molar refractivity (Wildman–Crippen MR) is 102 cm³/mol. The number of fused-ring (bicyclic) bond motifs is 1. The van der Waals surface area contributed by atoms with Crippen molar-refractivity contribution < 1.29 is 9.53 Å². The van der Waals surface area contributed by atoms with Crippen LogP contribution in [-0.4, -0.2) is 32.1 Å². The van der Waals surface area contributed by atoms with Crippen LogP contribution in [0, 0.1) is 6.92 Å². The van der Waals surface area contributed by atoms with E-state index in [-0.39, 0.29) is 5.91 Å². The van der Waals surface area contributed by atoms with Crippen LogP contribution in [0.15, 0.2) is 42.5 Å². The van der Waals surface area contributed by atoms with Gasteiger partial charge in [0.15, 0.2) is 0 Å². The van der Waals surface area contributed by atoms with Gasteiger partial charge in [-0.3, -0.25) is 4.79 Å². The topological polar surface area (TPSA) is 41.6 Å². The van der Waals surface area contributed by atoms with E-state index < -0.39 is 0 Å². The van der Waals surface area contributed by atoms with E-state index in [2.05, 4.69) is 41.4 Å². The van der Waals surface area contributed by atoms with Crippen LogP contribution in [0.5, 0.6) is 5.75 Å². The SMILES string of the molecule is COc1ccc(C(=O)NCCCN2c3ccccc3C[C@H]2C)cc1C. The number of anilines is 1. The number of benzene rings is 2. The lowest BCUT2D eigenvalue weighted by Gasteiger charge is -2.25. The molecular weight excluding hydrogens is 312 g/mol. The van der Waals surface area contributed by atoms with Crippen molar-refractivity contribution in [2.75, 3.05) is 25.1 Å². The number of nitrogens with zero attached hydrogens (tertiary/aromatic N) is 1. The third-order valence-electron chi connectivity index (χ3n) is 4.87. The maximum absolute atomic E-state index is 12.3. The molecule has 1 N–H and O–H groups in total. The summed E-state index contributed by atoms with van der Waals surface area (Å²) in [6.07, 6.45) is 2.03. The van der Waals surface area contributed by atoms with Crippen molar-refractivity contribution >= 4 is 11.6 Å². The molecule has 0 unspecified atom stereocenters. The molecule has 0 bridgehead atoms. The van der Waals surface area contributed by atoms with Gasteiger partial charge in [0.05, 0.1) is 7.11 Å². The van der Waals surface area contributed by atoms with Crippen LogP contribution in [0.2, 0.25) is 0 Å². The molecule has 1 aliphatic rings. The molecule has 0 aromatic heterocycles. The highest BCUT2D eigenvalue weighted by Gasteiger charge is 2.24. The van der Waals surface area contributed by atoms with Crippen molar-refractivity contribution in [1.29, 1.82) is 0 Å². The second kappa shape index (κ2) is 7.60. The molecule has 4 nitrogen and oxygen atoms in total. The van der Waals surface area contributed by atoms with Crippen LogP contribution in [0.3, 0.4) is 0 Å². The molecule has 0 saturated carbocycles. The zero-order chi connectivity index (χ0) is 17.8. The van der Waals surface area contributed by atoms with Crippen LogP contribution in [0.4, 0.5) is 5.69 Å². The molecule has 0 saturated heterocycles. The smallest absolute Gasteiger partial charge is 0.251 e. The van der Waals surface area contributed by atoms with E-state index in [4.69, 9.17) is 4.74 Å². The molecule has 2 aromatic rings. The third-order valence-corrected chi connectivity index (χ3v) is 4.87. The maximum Gasteiger partial charge on any atom is 0.251 e. The summed E-state index contributed by atoms with van der Waals surface area (Å²) in [5.41, 5.74) is 4.41. The van der Waals surface area contributed by atoms with Gasteiger partial charge >= 0.3 is 0 Å². The van der Waals surface area contributed by atoms with Crippen molar-refractivity contribution in [3.05, 3.63) is 59.2 Å². The van der Waals surface area contributed by atoms with Gasteiger partial charge in [0, 0.05) is 30.4 Å². The maximum atomic E-state index is 12.3. The number of hydrogen-bond donors (Lipinski definition) is 1. The van der Waals surface area contributed by atoms with E-state index in [1.165, 1.54) is 11.3 Å². The van der Waals surface area contributed by atoms with Gasteiger partial charge in [-0.1, -0.05) is 18.2 Å². The molecule has 132 valence electrons. The molecule has 1 heterocycles. The Morgan fingerprint density at radius 1 is 1.28 bits per heavy atom. The minimum absolute atomic E-state index is 0.0272. The lowest BCUT2D eigenvalue weighted by Crippen LogP contribution is -2.33. The first-order valence-corrected chi connectivity index (χ1v) is 8.87. The second-order valence-corrected chi connectivity index (χ2v) is 6.67. The van der Waals surface area contributed by atoms with Crippen LogP contribution >= 0.6 is 0 Å². The Labute approximate surface area is 149 Å². The normalized spacial score (nSPS) is 15.8. The predicted octanol–water partition coefficient (Wildman–Crippen LogP) is 3.57. The third kappa shape index (κ3) is 3.78. The number of amides is 1. The van der Waals surface area contributed by atoms with E-state index in [0.29, 0.717) is 18.2 Å². The van der Waals surface area contributed by atoms with E-state index >= 15 is 0 Å². The summed E-state index contributed by atoms with van der Waals surface area (Å²) in [7, 11) is 1.64. The van der Waals surface area contributed by atoms with E-state index in [9.17, 15) is 4.79 Å². The summed E-state index contributed by atoms with van der Waals surface area (Å²) < 4.78 is 5.24. The summed E-state index contributed by atoms with van der Waals surface area (Å²) in [4.78, 5) is 14.7. The van der Waals surface area contributed by atoms with Gasteiger partial charge in [-0.15, -0.1) is 0 Å². The molecule has 25 heavy (non-hydrogen) atoms. The molecular formula is C21H26N2O2. The number of rotatable bonds is 6. The first-order chi connectivity index (χ1) is 12.1. The fourth-order valence-corrected chi connectivity index (χ4v) is 3.54. The zero-order valence-electron chi connectivity index (χ0n) is 15.2. The molecule has 0 fully saturated rings. The number of para-hydroxylation sites is 1. The van der Waals surface area contributed by atoms with Gasteiger partial charge < -0.3 is 15.0 Å². The van der Waals surface area contributed by atoms with Gasteiger partial charge in [0.25, 0.3) is 5.91 Å². The average Bonchev–Trinajstić information content (AvgIpc) is 2.93. The summed E-state index contributed by atoms with van der Waals surface area (Å²) >= 11 is 0. The Balaban J connectivity index is 1.50. The molecule has 0 radical (unpaired) electrons. The number of nitrogens with one attached hydrogen (secondary N) is 1. The van der Waals surface area contributed by atoms with Crippen LogP contribution in [0.25, 0.3) is 0 Å². The molecule has 3 rings (SSSR count). The standard InChI is InChI=1S/C21H26N2O2/c1-15-13-18(9-10-20(15)25-3)21(24)22-11-6-12-23-16(2)14-17-7-4-5-8-19(17)23/h4-5,7-10,13,16H,6,11-12,14H2,1-3H3,(H,22,24)/t16-/m1/s1. The van der Waals surface area contributed by atoms with E-state index in [1.807, 2.05) is 19.1 Å². The van der Waals surface area contributed by atoms with Crippen molar-refractivity contribution in [3.63, 3.8) is 0 Å². The summed E-state index contributed by atoms with van der Waals surface area (Å²) in [6.45, 7) is 5.84. The highest BCUT2D eigenvalue weighted by molar-refractivity contribution is 5.94. The molecule has 0 spiro atoms. The second-order valence-electron chi connectivity index (χ2n) is 6.67. The molecule has 1 amide bonds. The van der Waals surface area contributed by atoms with Gasteiger partial charge in [-0.2, -0.15) is 0 Å². The Kier molecular flexibility index (Phi) is 5.27. The summed E-state index contributed by atoms with van der Waals surface area (Å²) in [5, 5.41) is 3.02. The zero-order valence-corrected chi connectivity index (χ0v) is 15.2. The minimum Gasteiger partial charge on any atom is -0.496 e. The highest BCUT2D eigenvalue weighted by atomic mass is 16.5. The van der Waals surface area contributed by atoms with Crippen LogP contribution in [0.1, 0.15) is 34.8 Å². The molecule has 4 heteroatoms. The number of aryl methyl sites for hydroxylation is 1. The van der Waals surface area contributed by atoms with Crippen molar-refractivity contribution in [1.82, 2.24) is 5.32 Å². The van der Waals surface area contributed by atoms with E-state index in [1.54, 1.807) is 13.2 Å². The van der Waals surface area contributed by atoms with E-state index in [0.717, 1.165) is 30.7 Å². The number of carbonyl (C=O) groups is 1. The Morgan fingerprint density at radius 2 is 2.08 bits per heavy atom. The lowest BCUT2D eigenvalue weighted by molar-refractivity contribution is 0.0953. The van der Waals surface area contributed by atoms with Gasteiger partial charge in [-0.05, 0) is 62.1 Å². The minimum atomic E-state index is -0.0272. The number of carbonyl (C=O) groups excluding carboxylic acids is 1. The number of methoxy groups -OCH3 is 1. The lowest BCUT2D eigenvalue weighted by atomic mass is 10.1. The van der Waals surface area contributed by atoms with Crippen LogP contribution < -0.4 is 15.0 Å². The Hall–Kier alpha value is -2.49. The largest absolute Gasteiger partial charge is 0.496 e. The van der Waals surface area contributed by atoms with Gasteiger partial charge in [-0.25, -0.2) is 0 Å². The summed E-state index contributed by atoms with van der Waals surface area (Å²) in [5.74, 6) is 0.777. The summed E-state index contributed by atoms with van der Waals surface area (Å²) in [6, 6.07) is 14.6. The highest BCUT2D eigenvalue weighted by Crippen LogP contribution is 2.31. The average molecular weight is 338 g/mol.